The van der Waals surface area contributed by atoms with Gasteiger partial charge in [-0.15, -0.1) is 0 Å². The average molecular weight is 299 g/mol. The van der Waals surface area contributed by atoms with E-state index in [0.717, 1.165) is 10.9 Å². The van der Waals surface area contributed by atoms with Crippen LogP contribution < -0.4 is 10.2 Å². The van der Waals surface area contributed by atoms with Crippen LogP contribution in [0, 0.1) is 0 Å². The van der Waals surface area contributed by atoms with Gasteiger partial charge in [-0.1, -0.05) is 22.9 Å². The summed E-state index contributed by atoms with van der Waals surface area (Å²) in [7, 11) is 4.17. The largest absolute Gasteiger partial charge is 0.372 e. The Labute approximate surface area is 114 Å². The van der Waals surface area contributed by atoms with E-state index in [-0.39, 0.29) is 0 Å². The second kappa shape index (κ2) is 6.41. The fraction of sp³-hybridized carbons (Fsp3) is 0.571. The molecule has 0 heterocycles. The molecule has 0 aromatic heterocycles. The van der Waals surface area contributed by atoms with E-state index in [0.29, 0.717) is 12.1 Å². The predicted octanol–water partition coefficient (Wildman–Crippen LogP) is 3.96. The van der Waals surface area contributed by atoms with Crippen LogP contribution in [0.15, 0.2) is 22.7 Å². The smallest absolute Gasteiger partial charge is 0.0415 e. The molecule has 0 amide bonds. The summed E-state index contributed by atoms with van der Waals surface area (Å²) < 4.78 is 1.14. The number of nitrogens with one attached hydrogen (secondary N) is 1. The summed E-state index contributed by atoms with van der Waals surface area (Å²) in [6.45, 7) is 6.67. The molecule has 96 valence electrons. The van der Waals surface area contributed by atoms with Crippen molar-refractivity contribution in [1.29, 1.82) is 0 Å². The maximum Gasteiger partial charge on any atom is 0.0415 e. The molecule has 2 atom stereocenters. The number of anilines is 1. The number of nitrogens with zero attached hydrogens (tertiary/aromatic N) is 1. The molecule has 0 spiro atoms. The Hall–Kier alpha value is -0.540. The highest BCUT2D eigenvalue weighted by atomic mass is 79.9. The third-order valence-corrected chi connectivity index (χ3v) is 4.01. The zero-order valence-electron chi connectivity index (χ0n) is 11.4. The monoisotopic (exact) mass is 298 g/mol. The lowest BCUT2D eigenvalue weighted by Gasteiger charge is -2.30. The summed E-state index contributed by atoms with van der Waals surface area (Å²) in [5.41, 5.74) is 2.65. The molecule has 0 radical (unpaired) electrons. The number of benzene rings is 1. The van der Waals surface area contributed by atoms with Crippen molar-refractivity contribution in [2.75, 3.05) is 19.0 Å². The van der Waals surface area contributed by atoms with Gasteiger partial charge in [-0.3, -0.25) is 0 Å². The number of halogens is 1. The lowest BCUT2D eigenvalue weighted by Crippen LogP contribution is -2.30. The van der Waals surface area contributed by atoms with Crippen molar-refractivity contribution in [2.45, 2.75) is 39.3 Å². The summed E-state index contributed by atoms with van der Waals surface area (Å²) in [4.78, 5) is 2.36. The van der Waals surface area contributed by atoms with Gasteiger partial charge in [0.2, 0.25) is 0 Å². The molecule has 0 aliphatic rings. The van der Waals surface area contributed by atoms with Crippen molar-refractivity contribution in [3.05, 3.63) is 28.2 Å². The lowest BCUT2D eigenvalue weighted by molar-refractivity contribution is 0.629. The molecule has 17 heavy (non-hydrogen) atoms. The van der Waals surface area contributed by atoms with Gasteiger partial charge in [0, 0.05) is 29.3 Å². The molecular formula is C14H23BrN2. The third-order valence-electron chi connectivity index (χ3n) is 3.52. The van der Waals surface area contributed by atoms with Gasteiger partial charge in [-0.2, -0.15) is 0 Å². The lowest BCUT2D eigenvalue weighted by atomic mass is 10.0. The molecule has 1 aromatic carbocycles. The topological polar surface area (TPSA) is 15.3 Å². The minimum Gasteiger partial charge on any atom is -0.372 e. The highest BCUT2D eigenvalue weighted by Crippen LogP contribution is 2.30. The maximum absolute atomic E-state index is 3.55. The number of hydrogen-bond donors (Lipinski definition) is 1. The first-order valence-corrected chi connectivity index (χ1v) is 7.00. The molecule has 0 aliphatic carbocycles. The molecule has 0 saturated heterocycles. The SMILES string of the molecule is CCC(C)N(C)c1ccc(Br)cc1C(C)NC. The third kappa shape index (κ3) is 3.46. The van der Waals surface area contributed by atoms with Gasteiger partial charge >= 0.3 is 0 Å². The summed E-state index contributed by atoms with van der Waals surface area (Å²) in [6, 6.07) is 7.42. The quantitative estimate of drug-likeness (QED) is 0.885. The van der Waals surface area contributed by atoms with Gasteiger partial charge in [-0.05, 0) is 51.1 Å². The fourth-order valence-electron chi connectivity index (χ4n) is 1.86. The van der Waals surface area contributed by atoms with Crippen LogP contribution in [-0.2, 0) is 0 Å². The maximum atomic E-state index is 3.55. The molecule has 3 heteroatoms. The van der Waals surface area contributed by atoms with Crippen LogP contribution in [0.5, 0.6) is 0 Å². The van der Waals surface area contributed by atoms with E-state index in [4.69, 9.17) is 0 Å². The highest BCUT2D eigenvalue weighted by Gasteiger charge is 2.15. The Bertz CT molecular complexity index is 365. The average Bonchev–Trinajstić information content (AvgIpc) is 2.35. The molecule has 2 unspecified atom stereocenters. The molecule has 1 rings (SSSR count). The number of rotatable bonds is 5. The molecule has 0 bridgehead atoms. The van der Waals surface area contributed by atoms with E-state index in [2.05, 4.69) is 72.2 Å². The van der Waals surface area contributed by atoms with Crippen molar-refractivity contribution >= 4 is 21.6 Å². The molecular weight excluding hydrogens is 276 g/mol. The van der Waals surface area contributed by atoms with Crippen molar-refractivity contribution in [2.24, 2.45) is 0 Å². The summed E-state index contributed by atoms with van der Waals surface area (Å²) in [6.07, 6.45) is 1.15. The molecule has 1 aromatic rings. The van der Waals surface area contributed by atoms with Crippen LogP contribution in [0.4, 0.5) is 5.69 Å². The first-order chi connectivity index (χ1) is 8.01. The fourth-order valence-corrected chi connectivity index (χ4v) is 2.24. The highest BCUT2D eigenvalue weighted by molar-refractivity contribution is 9.10. The Morgan fingerprint density at radius 2 is 2.00 bits per heavy atom. The van der Waals surface area contributed by atoms with E-state index >= 15 is 0 Å². The van der Waals surface area contributed by atoms with Crippen LogP contribution in [0.1, 0.15) is 38.8 Å². The van der Waals surface area contributed by atoms with Crippen molar-refractivity contribution < 1.29 is 0 Å². The summed E-state index contributed by atoms with van der Waals surface area (Å²) in [5.74, 6) is 0. The summed E-state index contributed by atoms with van der Waals surface area (Å²) in [5, 5.41) is 3.31. The molecule has 0 aliphatic heterocycles. The Morgan fingerprint density at radius 1 is 1.35 bits per heavy atom. The first kappa shape index (κ1) is 14.5. The second-order valence-electron chi connectivity index (χ2n) is 4.58. The van der Waals surface area contributed by atoms with Crippen molar-refractivity contribution in [1.82, 2.24) is 5.32 Å². The van der Waals surface area contributed by atoms with E-state index in [1.807, 2.05) is 7.05 Å². The van der Waals surface area contributed by atoms with Gasteiger partial charge in [0.1, 0.15) is 0 Å². The van der Waals surface area contributed by atoms with Crippen LogP contribution in [0.3, 0.4) is 0 Å². The predicted molar refractivity (Wildman–Crippen MR) is 79.8 cm³/mol. The number of hydrogen-bond acceptors (Lipinski definition) is 2. The normalized spacial score (nSPS) is 14.5. The van der Waals surface area contributed by atoms with E-state index in [9.17, 15) is 0 Å². The standard InChI is InChI=1S/C14H23BrN2/c1-6-10(2)17(5)14-8-7-12(15)9-13(14)11(3)16-4/h7-11,16H,6H2,1-5H3. The van der Waals surface area contributed by atoms with Crippen LogP contribution >= 0.6 is 15.9 Å². The first-order valence-electron chi connectivity index (χ1n) is 6.20. The second-order valence-corrected chi connectivity index (χ2v) is 5.50. The minimum atomic E-state index is 0.356. The summed E-state index contributed by atoms with van der Waals surface area (Å²) >= 11 is 3.55. The van der Waals surface area contributed by atoms with Crippen molar-refractivity contribution in [3.63, 3.8) is 0 Å². The zero-order valence-corrected chi connectivity index (χ0v) is 13.0. The van der Waals surface area contributed by atoms with Crippen LogP contribution in [-0.4, -0.2) is 20.1 Å². The van der Waals surface area contributed by atoms with Gasteiger partial charge in [0.25, 0.3) is 0 Å². The van der Waals surface area contributed by atoms with Crippen LogP contribution in [0.25, 0.3) is 0 Å². The molecule has 0 fully saturated rings. The van der Waals surface area contributed by atoms with Crippen molar-refractivity contribution in [3.8, 4) is 0 Å². The van der Waals surface area contributed by atoms with Gasteiger partial charge < -0.3 is 10.2 Å². The Balaban J connectivity index is 3.13. The molecule has 2 nitrogen and oxygen atoms in total. The Kier molecular flexibility index (Phi) is 5.47. The molecule has 1 N–H and O–H groups in total. The minimum absolute atomic E-state index is 0.356. The van der Waals surface area contributed by atoms with E-state index in [1.54, 1.807) is 0 Å². The van der Waals surface area contributed by atoms with Crippen LogP contribution in [0.2, 0.25) is 0 Å². The van der Waals surface area contributed by atoms with Gasteiger partial charge in [0.05, 0.1) is 0 Å². The van der Waals surface area contributed by atoms with E-state index in [1.165, 1.54) is 11.3 Å². The van der Waals surface area contributed by atoms with Gasteiger partial charge in [0.15, 0.2) is 0 Å². The van der Waals surface area contributed by atoms with E-state index < -0.39 is 0 Å². The molecule has 0 saturated carbocycles. The van der Waals surface area contributed by atoms with Gasteiger partial charge in [-0.25, -0.2) is 0 Å². The Morgan fingerprint density at radius 3 is 2.53 bits per heavy atom. The zero-order chi connectivity index (χ0) is 13.0.